The minimum absolute atomic E-state index is 0.225. The predicted molar refractivity (Wildman–Crippen MR) is 101 cm³/mol. The molecule has 0 aliphatic heterocycles. The molecule has 2 aromatic carbocycles. The first-order valence-corrected chi connectivity index (χ1v) is 9.06. The standard InChI is InChI=1S/C20H25N3O3/c21-17(19(22)23-15-7-2-1-3-8-15)20(25)26-18-14(12-24)11-10-13-6-4-5-9-16(13)18/h4-6,9-12,15,17,19,23H,1-3,7-8,21-22H2. The van der Waals surface area contributed by atoms with Gasteiger partial charge in [-0.3, -0.25) is 10.1 Å². The Morgan fingerprint density at radius 3 is 2.58 bits per heavy atom. The maximum absolute atomic E-state index is 12.5. The molecule has 0 heterocycles. The molecule has 3 rings (SSSR count). The SMILES string of the molecule is NC(NC1CCCCC1)C(N)C(=O)Oc1c(C=O)ccc2ccccc12. The van der Waals surface area contributed by atoms with Gasteiger partial charge in [0.05, 0.1) is 11.7 Å². The van der Waals surface area contributed by atoms with Gasteiger partial charge in [-0.25, -0.2) is 4.79 Å². The molecule has 1 fully saturated rings. The van der Waals surface area contributed by atoms with Crippen LogP contribution in [0.1, 0.15) is 42.5 Å². The van der Waals surface area contributed by atoms with Gasteiger partial charge >= 0.3 is 5.97 Å². The third-order valence-corrected chi connectivity index (χ3v) is 4.93. The largest absolute Gasteiger partial charge is 0.424 e. The van der Waals surface area contributed by atoms with Gasteiger partial charge in [-0.2, -0.15) is 0 Å². The Bertz CT molecular complexity index is 787. The molecule has 0 saturated heterocycles. The van der Waals surface area contributed by atoms with Gasteiger partial charge in [0.25, 0.3) is 0 Å². The van der Waals surface area contributed by atoms with Crippen LogP contribution in [0.5, 0.6) is 5.75 Å². The molecule has 2 unspecified atom stereocenters. The second-order valence-corrected chi connectivity index (χ2v) is 6.80. The van der Waals surface area contributed by atoms with Crippen molar-refractivity contribution in [1.82, 2.24) is 5.32 Å². The lowest BCUT2D eigenvalue weighted by atomic mass is 9.95. The minimum Gasteiger partial charge on any atom is -0.424 e. The van der Waals surface area contributed by atoms with E-state index in [4.69, 9.17) is 16.2 Å². The first-order valence-electron chi connectivity index (χ1n) is 9.06. The molecule has 1 aliphatic carbocycles. The van der Waals surface area contributed by atoms with Gasteiger partial charge in [-0.1, -0.05) is 49.6 Å². The van der Waals surface area contributed by atoms with E-state index in [9.17, 15) is 9.59 Å². The van der Waals surface area contributed by atoms with Crippen LogP contribution in [-0.4, -0.2) is 30.5 Å². The summed E-state index contributed by atoms with van der Waals surface area (Å²) in [6, 6.07) is 10.1. The lowest BCUT2D eigenvalue weighted by molar-refractivity contribution is -0.136. The number of rotatable bonds is 6. The number of carbonyl (C=O) groups excluding carboxylic acids is 2. The topological polar surface area (TPSA) is 107 Å². The normalized spacial score (nSPS) is 17.6. The molecule has 1 saturated carbocycles. The maximum Gasteiger partial charge on any atom is 0.331 e. The molecule has 0 amide bonds. The van der Waals surface area contributed by atoms with Crippen LogP contribution in [0.4, 0.5) is 0 Å². The van der Waals surface area contributed by atoms with Crippen molar-refractivity contribution in [3.8, 4) is 5.75 Å². The number of fused-ring (bicyclic) bond motifs is 1. The third kappa shape index (κ3) is 4.09. The highest BCUT2D eigenvalue weighted by molar-refractivity contribution is 5.98. The number of hydrogen-bond acceptors (Lipinski definition) is 6. The highest BCUT2D eigenvalue weighted by atomic mass is 16.5. The van der Waals surface area contributed by atoms with Crippen LogP contribution >= 0.6 is 0 Å². The van der Waals surface area contributed by atoms with Gasteiger partial charge in [-0.15, -0.1) is 0 Å². The van der Waals surface area contributed by atoms with E-state index in [0.29, 0.717) is 17.2 Å². The Hall–Kier alpha value is -2.28. The Morgan fingerprint density at radius 1 is 1.12 bits per heavy atom. The van der Waals surface area contributed by atoms with Gasteiger partial charge in [0.15, 0.2) is 6.29 Å². The van der Waals surface area contributed by atoms with Crippen molar-refractivity contribution < 1.29 is 14.3 Å². The summed E-state index contributed by atoms with van der Waals surface area (Å²) < 4.78 is 5.51. The van der Waals surface area contributed by atoms with E-state index >= 15 is 0 Å². The van der Waals surface area contributed by atoms with Crippen LogP contribution in [0.3, 0.4) is 0 Å². The van der Waals surface area contributed by atoms with Crippen LogP contribution in [0.25, 0.3) is 10.8 Å². The van der Waals surface area contributed by atoms with Crippen LogP contribution in [0, 0.1) is 0 Å². The van der Waals surface area contributed by atoms with Crippen molar-refractivity contribution in [2.24, 2.45) is 11.5 Å². The van der Waals surface area contributed by atoms with Gasteiger partial charge in [0.2, 0.25) is 0 Å². The lowest BCUT2D eigenvalue weighted by Gasteiger charge is -2.28. The Morgan fingerprint density at radius 2 is 1.85 bits per heavy atom. The van der Waals surface area contributed by atoms with Gasteiger partial charge in [-0.05, 0) is 24.3 Å². The summed E-state index contributed by atoms with van der Waals surface area (Å²) in [5.41, 5.74) is 12.4. The third-order valence-electron chi connectivity index (χ3n) is 4.93. The fourth-order valence-corrected chi connectivity index (χ4v) is 3.43. The van der Waals surface area contributed by atoms with Crippen molar-refractivity contribution in [3.63, 3.8) is 0 Å². The maximum atomic E-state index is 12.5. The Labute approximate surface area is 152 Å². The average Bonchev–Trinajstić information content (AvgIpc) is 2.68. The van der Waals surface area contributed by atoms with E-state index in [2.05, 4.69) is 5.32 Å². The van der Waals surface area contributed by atoms with E-state index in [-0.39, 0.29) is 11.8 Å². The Balaban J connectivity index is 1.74. The molecule has 2 aromatic rings. The summed E-state index contributed by atoms with van der Waals surface area (Å²) >= 11 is 0. The molecular weight excluding hydrogens is 330 g/mol. The van der Waals surface area contributed by atoms with E-state index in [1.54, 1.807) is 12.1 Å². The van der Waals surface area contributed by atoms with Crippen LogP contribution in [0.15, 0.2) is 36.4 Å². The summed E-state index contributed by atoms with van der Waals surface area (Å²) in [5.74, 6) is -0.427. The van der Waals surface area contributed by atoms with Crippen LogP contribution in [-0.2, 0) is 4.79 Å². The summed E-state index contributed by atoms with van der Waals surface area (Å²) in [6.45, 7) is 0. The number of ether oxygens (including phenoxy) is 1. The molecule has 0 radical (unpaired) electrons. The molecule has 6 heteroatoms. The van der Waals surface area contributed by atoms with Gasteiger partial charge in [0.1, 0.15) is 11.8 Å². The smallest absolute Gasteiger partial charge is 0.331 e. The van der Waals surface area contributed by atoms with Gasteiger partial charge < -0.3 is 16.2 Å². The zero-order valence-electron chi connectivity index (χ0n) is 14.7. The van der Waals surface area contributed by atoms with Crippen molar-refractivity contribution in [1.29, 1.82) is 0 Å². The number of hydrogen-bond donors (Lipinski definition) is 3. The van der Waals surface area contributed by atoms with Crippen LogP contribution in [0.2, 0.25) is 0 Å². The fraction of sp³-hybridized carbons (Fsp3) is 0.400. The van der Waals surface area contributed by atoms with E-state index in [1.807, 2.05) is 24.3 Å². The number of nitrogens with two attached hydrogens (primary N) is 2. The number of benzene rings is 2. The molecule has 26 heavy (non-hydrogen) atoms. The molecule has 0 aromatic heterocycles. The number of carbonyl (C=O) groups is 2. The molecule has 6 nitrogen and oxygen atoms in total. The van der Waals surface area contributed by atoms with E-state index in [0.717, 1.165) is 31.1 Å². The molecule has 138 valence electrons. The predicted octanol–water partition coefficient (Wildman–Crippen LogP) is 2.09. The monoisotopic (exact) mass is 355 g/mol. The summed E-state index contributed by atoms with van der Waals surface area (Å²) in [6.07, 6.45) is 5.59. The lowest BCUT2D eigenvalue weighted by Crippen LogP contribution is -2.59. The summed E-state index contributed by atoms with van der Waals surface area (Å²) in [5, 5.41) is 4.79. The molecule has 1 aliphatic rings. The summed E-state index contributed by atoms with van der Waals surface area (Å²) in [7, 11) is 0. The molecule has 0 bridgehead atoms. The molecular formula is C20H25N3O3. The first kappa shape index (κ1) is 18.5. The van der Waals surface area contributed by atoms with Crippen molar-refractivity contribution >= 4 is 23.0 Å². The zero-order chi connectivity index (χ0) is 18.5. The number of esters is 1. The second-order valence-electron chi connectivity index (χ2n) is 6.80. The minimum atomic E-state index is -1.02. The second kappa shape index (κ2) is 8.40. The highest BCUT2D eigenvalue weighted by Gasteiger charge is 2.27. The summed E-state index contributed by atoms with van der Waals surface area (Å²) in [4.78, 5) is 23.9. The Kier molecular flexibility index (Phi) is 5.98. The zero-order valence-corrected chi connectivity index (χ0v) is 14.7. The van der Waals surface area contributed by atoms with E-state index in [1.165, 1.54) is 6.42 Å². The molecule has 2 atom stereocenters. The van der Waals surface area contributed by atoms with Crippen molar-refractivity contribution in [3.05, 3.63) is 42.0 Å². The van der Waals surface area contributed by atoms with Crippen LogP contribution < -0.4 is 21.5 Å². The fourth-order valence-electron chi connectivity index (χ4n) is 3.43. The first-order chi connectivity index (χ1) is 12.6. The van der Waals surface area contributed by atoms with Crippen molar-refractivity contribution in [2.45, 2.75) is 50.4 Å². The number of aldehydes is 1. The highest BCUT2D eigenvalue weighted by Crippen LogP contribution is 2.29. The molecule has 5 N–H and O–H groups in total. The number of nitrogens with one attached hydrogen (secondary N) is 1. The van der Waals surface area contributed by atoms with E-state index < -0.39 is 18.2 Å². The quantitative estimate of drug-likeness (QED) is 0.317. The molecule has 0 spiro atoms. The average molecular weight is 355 g/mol. The van der Waals surface area contributed by atoms with Crippen molar-refractivity contribution in [2.75, 3.05) is 0 Å². The van der Waals surface area contributed by atoms with Gasteiger partial charge in [0, 0.05) is 11.4 Å².